The van der Waals surface area contributed by atoms with E-state index in [1.165, 1.54) is 31.0 Å². The topological polar surface area (TPSA) is 84.9 Å². The van der Waals surface area contributed by atoms with Crippen molar-refractivity contribution in [2.24, 2.45) is 0 Å². The highest BCUT2D eigenvalue weighted by atomic mass is 32.2. The average molecular weight is 516 g/mol. The Morgan fingerprint density at radius 1 is 1.06 bits per heavy atom. The van der Waals surface area contributed by atoms with Gasteiger partial charge in [-0.25, -0.2) is 8.78 Å². The minimum Gasteiger partial charge on any atom is -0.489 e. The number of hydrogen-bond acceptors (Lipinski definition) is 6. The summed E-state index contributed by atoms with van der Waals surface area (Å²) in [6.07, 6.45) is 1.27. The molecule has 3 aromatic carbocycles. The monoisotopic (exact) mass is 515 g/mol. The van der Waals surface area contributed by atoms with Crippen molar-refractivity contribution in [1.29, 1.82) is 0 Å². The molecule has 0 aliphatic carbocycles. The fourth-order valence-corrected chi connectivity index (χ4v) is 4.24. The number of carbonyl (C=O) groups is 2. The molecule has 0 saturated carbocycles. The van der Waals surface area contributed by atoms with Crippen LogP contribution in [0.1, 0.15) is 22.8 Å². The van der Waals surface area contributed by atoms with Gasteiger partial charge in [0.15, 0.2) is 17.4 Å². The molecule has 0 aliphatic heterocycles. The van der Waals surface area contributed by atoms with E-state index in [4.69, 9.17) is 14.6 Å². The first-order valence-corrected chi connectivity index (χ1v) is 12.3. The minimum atomic E-state index is -1.07. The van der Waals surface area contributed by atoms with Crippen LogP contribution in [0.3, 0.4) is 0 Å². The van der Waals surface area contributed by atoms with Crippen LogP contribution in [0.15, 0.2) is 65.6 Å². The van der Waals surface area contributed by atoms with Gasteiger partial charge >= 0.3 is 5.97 Å². The minimum absolute atomic E-state index is 0.189. The van der Waals surface area contributed by atoms with Crippen molar-refractivity contribution >= 4 is 23.5 Å². The normalized spacial score (nSPS) is 12.7. The number of halogens is 2. The van der Waals surface area contributed by atoms with Gasteiger partial charge in [0.1, 0.15) is 12.4 Å². The van der Waals surface area contributed by atoms with Crippen LogP contribution in [-0.4, -0.2) is 48.9 Å². The molecule has 2 N–H and O–H groups in total. The van der Waals surface area contributed by atoms with E-state index in [1.54, 1.807) is 55.6 Å². The Morgan fingerprint density at radius 2 is 1.75 bits per heavy atom. The Bertz CT molecular complexity index is 1220. The zero-order valence-corrected chi connectivity index (χ0v) is 20.9. The molecule has 0 saturated heterocycles. The number of carboxylic acids is 1. The Morgan fingerprint density at radius 3 is 2.39 bits per heavy atom. The van der Waals surface area contributed by atoms with Gasteiger partial charge in [-0.1, -0.05) is 30.3 Å². The quantitative estimate of drug-likeness (QED) is 0.254. The Labute approximate surface area is 212 Å². The third kappa shape index (κ3) is 6.90. The molecule has 6 nitrogen and oxygen atoms in total. The van der Waals surface area contributed by atoms with E-state index in [2.05, 4.69) is 5.32 Å². The molecule has 2 unspecified atom stereocenters. The SMILES string of the molecule is COC(C)C(NCC(=O)O)C(=O)c1cccc(COc2ccc(-c3cc(F)c(F)cc3SC)cc2)c1. The molecule has 0 amide bonds. The maximum atomic E-state index is 13.8. The summed E-state index contributed by atoms with van der Waals surface area (Å²) in [5, 5.41) is 11.7. The highest BCUT2D eigenvalue weighted by Crippen LogP contribution is 2.33. The van der Waals surface area contributed by atoms with Gasteiger partial charge in [0.25, 0.3) is 0 Å². The van der Waals surface area contributed by atoms with Crippen molar-refractivity contribution in [2.45, 2.75) is 30.6 Å². The molecule has 0 fully saturated rings. The summed E-state index contributed by atoms with van der Waals surface area (Å²) in [7, 11) is 1.46. The van der Waals surface area contributed by atoms with E-state index in [1.807, 2.05) is 6.07 Å². The van der Waals surface area contributed by atoms with Gasteiger partial charge in [-0.2, -0.15) is 0 Å². The molecule has 0 spiro atoms. The number of rotatable bonds is 12. The number of thioether (sulfide) groups is 1. The predicted molar refractivity (Wildman–Crippen MR) is 135 cm³/mol. The van der Waals surface area contributed by atoms with Crippen LogP contribution in [0.2, 0.25) is 0 Å². The van der Waals surface area contributed by atoms with Crippen LogP contribution in [0.4, 0.5) is 8.78 Å². The van der Waals surface area contributed by atoms with Crippen molar-refractivity contribution in [3.8, 4) is 16.9 Å². The second-order valence-electron chi connectivity index (χ2n) is 8.04. The van der Waals surface area contributed by atoms with Crippen LogP contribution in [0.5, 0.6) is 5.75 Å². The maximum Gasteiger partial charge on any atom is 0.317 e. The van der Waals surface area contributed by atoms with Gasteiger partial charge in [-0.05, 0) is 60.2 Å². The molecule has 0 bridgehead atoms. The number of carboxylic acid groups (broad SMARTS) is 1. The molecule has 36 heavy (non-hydrogen) atoms. The molecule has 0 radical (unpaired) electrons. The molecular weight excluding hydrogens is 488 g/mol. The van der Waals surface area contributed by atoms with E-state index in [0.29, 0.717) is 21.8 Å². The number of methoxy groups -OCH3 is 1. The van der Waals surface area contributed by atoms with Crippen LogP contribution in [0, 0.1) is 11.6 Å². The number of ether oxygens (including phenoxy) is 2. The lowest BCUT2D eigenvalue weighted by Gasteiger charge is -2.22. The molecule has 3 aromatic rings. The molecule has 3 rings (SSSR count). The highest BCUT2D eigenvalue weighted by Gasteiger charge is 2.26. The smallest absolute Gasteiger partial charge is 0.317 e. The zero-order valence-electron chi connectivity index (χ0n) is 20.1. The standard InChI is InChI=1S/C27H27F2NO5S/c1-16(34-2)26(30-14-25(31)32)27(33)19-6-4-5-17(11-19)15-35-20-9-7-18(8-10-20)21-12-22(28)23(29)13-24(21)36-3/h4-13,16,26,30H,14-15H2,1-3H3,(H,31,32). The van der Waals surface area contributed by atoms with Crippen molar-refractivity contribution in [3.63, 3.8) is 0 Å². The van der Waals surface area contributed by atoms with Crippen molar-refractivity contribution in [3.05, 3.63) is 83.4 Å². The number of benzene rings is 3. The number of Topliss-reactive ketones (excluding diaryl/α,β-unsaturated/α-hetero) is 1. The van der Waals surface area contributed by atoms with Crippen molar-refractivity contribution < 1.29 is 33.0 Å². The highest BCUT2D eigenvalue weighted by molar-refractivity contribution is 7.98. The van der Waals surface area contributed by atoms with Crippen LogP contribution in [0.25, 0.3) is 11.1 Å². The number of hydrogen-bond donors (Lipinski definition) is 2. The summed E-state index contributed by atoms with van der Waals surface area (Å²) >= 11 is 1.33. The predicted octanol–water partition coefficient (Wildman–Crippen LogP) is 5.19. The summed E-state index contributed by atoms with van der Waals surface area (Å²) in [6.45, 7) is 1.51. The summed E-state index contributed by atoms with van der Waals surface area (Å²) in [4.78, 5) is 24.6. The first-order chi connectivity index (χ1) is 17.2. The van der Waals surface area contributed by atoms with Crippen molar-refractivity contribution in [1.82, 2.24) is 5.32 Å². The van der Waals surface area contributed by atoms with Gasteiger partial charge in [0, 0.05) is 17.6 Å². The largest absolute Gasteiger partial charge is 0.489 e. The Balaban J connectivity index is 1.71. The van der Waals surface area contributed by atoms with Crippen molar-refractivity contribution in [2.75, 3.05) is 19.9 Å². The Kier molecular flexibility index (Phi) is 9.58. The lowest BCUT2D eigenvalue weighted by atomic mass is 9.98. The van der Waals surface area contributed by atoms with Crippen LogP contribution in [-0.2, 0) is 16.1 Å². The number of ketones is 1. The number of aliphatic carboxylic acids is 1. The average Bonchev–Trinajstić information content (AvgIpc) is 2.88. The first-order valence-electron chi connectivity index (χ1n) is 11.1. The molecule has 190 valence electrons. The second kappa shape index (κ2) is 12.6. The van der Waals surface area contributed by atoms with E-state index < -0.39 is 29.7 Å². The fraction of sp³-hybridized carbons (Fsp3) is 0.259. The molecule has 0 aliphatic rings. The van der Waals surface area contributed by atoms with Gasteiger partial charge in [-0.15, -0.1) is 11.8 Å². The van der Waals surface area contributed by atoms with E-state index in [0.717, 1.165) is 11.1 Å². The lowest BCUT2D eigenvalue weighted by Crippen LogP contribution is -2.47. The summed E-state index contributed by atoms with van der Waals surface area (Å²) in [5.74, 6) is -2.58. The van der Waals surface area contributed by atoms with E-state index in [-0.39, 0.29) is 18.9 Å². The summed E-state index contributed by atoms with van der Waals surface area (Å²) in [5.41, 5.74) is 2.47. The number of carbonyl (C=O) groups excluding carboxylic acids is 1. The Hall–Kier alpha value is -3.27. The van der Waals surface area contributed by atoms with Gasteiger partial charge in [-0.3, -0.25) is 14.9 Å². The third-order valence-corrected chi connectivity index (χ3v) is 6.40. The van der Waals surface area contributed by atoms with Gasteiger partial charge in [0.05, 0.1) is 18.7 Å². The fourth-order valence-electron chi connectivity index (χ4n) is 3.62. The third-order valence-electron chi connectivity index (χ3n) is 5.62. The van der Waals surface area contributed by atoms with E-state index >= 15 is 0 Å². The van der Waals surface area contributed by atoms with Crippen LogP contribution >= 0.6 is 11.8 Å². The molecule has 0 heterocycles. The summed E-state index contributed by atoms with van der Waals surface area (Å²) in [6, 6.07) is 15.5. The summed E-state index contributed by atoms with van der Waals surface area (Å²) < 4.78 is 38.5. The molecular formula is C27H27F2NO5S. The second-order valence-corrected chi connectivity index (χ2v) is 8.89. The lowest BCUT2D eigenvalue weighted by molar-refractivity contribution is -0.136. The first kappa shape index (κ1) is 27.3. The maximum absolute atomic E-state index is 13.8. The molecule has 2 atom stereocenters. The van der Waals surface area contributed by atoms with Crippen LogP contribution < -0.4 is 10.1 Å². The zero-order chi connectivity index (χ0) is 26.2. The number of nitrogens with one attached hydrogen (secondary N) is 1. The van der Waals surface area contributed by atoms with E-state index in [9.17, 15) is 18.4 Å². The molecule has 9 heteroatoms. The van der Waals surface area contributed by atoms with Gasteiger partial charge in [0.2, 0.25) is 0 Å². The van der Waals surface area contributed by atoms with Gasteiger partial charge < -0.3 is 14.6 Å². The molecule has 0 aromatic heterocycles.